The Kier molecular flexibility index (Phi) is 5.52. The van der Waals surface area contributed by atoms with Crippen molar-refractivity contribution in [3.8, 4) is 0 Å². The summed E-state index contributed by atoms with van der Waals surface area (Å²) >= 11 is 0. The predicted octanol–water partition coefficient (Wildman–Crippen LogP) is 1.47. The molecule has 2 aliphatic heterocycles. The molecule has 1 saturated heterocycles. The van der Waals surface area contributed by atoms with Gasteiger partial charge >= 0.3 is 0 Å². The molecule has 0 unspecified atom stereocenters. The van der Waals surface area contributed by atoms with Crippen LogP contribution in [0.1, 0.15) is 20.8 Å². The Morgan fingerprint density at radius 1 is 1.33 bits per heavy atom. The number of rotatable bonds is 2. The van der Waals surface area contributed by atoms with Gasteiger partial charge in [0.15, 0.2) is 0 Å². The molecule has 1 aromatic rings. The maximum atomic E-state index is 13.0. The molecule has 2 aliphatic rings. The van der Waals surface area contributed by atoms with Crippen LogP contribution in [-0.4, -0.2) is 54.5 Å². The van der Waals surface area contributed by atoms with Crippen LogP contribution in [0.2, 0.25) is 0 Å². The van der Waals surface area contributed by atoms with Crippen molar-refractivity contribution >= 4 is 35.6 Å². The van der Waals surface area contributed by atoms with Gasteiger partial charge in [-0.15, -0.1) is 12.4 Å². The number of nitrogens with zero attached hydrogens (tertiary/aromatic N) is 2. The smallest absolute Gasteiger partial charge is 0.250 e. The molecule has 0 aromatic heterocycles. The second-order valence-corrected chi connectivity index (χ2v) is 6.78. The van der Waals surface area contributed by atoms with Crippen LogP contribution in [0.25, 0.3) is 0 Å². The van der Waals surface area contributed by atoms with Gasteiger partial charge in [-0.1, -0.05) is 12.1 Å². The first kappa shape index (κ1) is 18.7. The molecular weight excluding hydrogens is 328 g/mol. The van der Waals surface area contributed by atoms with Crippen LogP contribution in [0.4, 0.5) is 11.4 Å². The van der Waals surface area contributed by atoms with Crippen LogP contribution < -0.4 is 15.5 Å². The summed E-state index contributed by atoms with van der Waals surface area (Å²) in [4.78, 5) is 29.3. The molecule has 6 nitrogen and oxygen atoms in total. The van der Waals surface area contributed by atoms with Gasteiger partial charge in [0.05, 0.1) is 17.9 Å². The van der Waals surface area contributed by atoms with E-state index in [1.165, 1.54) is 0 Å². The molecule has 7 heteroatoms. The maximum absolute atomic E-state index is 13.0. The number of anilines is 2. The van der Waals surface area contributed by atoms with E-state index < -0.39 is 5.54 Å². The minimum atomic E-state index is -0.900. The normalized spacial score (nSPS) is 23.0. The monoisotopic (exact) mass is 352 g/mol. The van der Waals surface area contributed by atoms with Gasteiger partial charge in [-0.25, -0.2) is 0 Å². The zero-order chi connectivity index (χ0) is 16.6. The van der Waals surface area contributed by atoms with Gasteiger partial charge in [-0.2, -0.15) is 0 Å². The molecule has 0 aliphatic carbocycles. The Hall–Kier alpha value is -1.63. The van der Waals surface area contributed by atoms with Crippen LogP contribution in [0.5, 0.6) is 0 Å². The van der Waals surface area contributed by atoms with Crippen molar-refractivity contribution < 1.29 is 9.59 Å². The fourth-order valence-corrected chi connectivity index (χ4v) is 3.26. The quantitative estimate of drug-likeness (QED) is 0.846. The van der Waals surface area contributed by atoms with E-state index in [1.807, 2.05) is 24.3 Å². The Labute approximate surface area is 149 Å². The molecule has 1 atom stereocenters. The van der Waals surface area contributed by atoms with Crippen molar-refractivity contribution in [1.29, 1.82) is 0 Å². The van der Waals surface area contributed by atoms with Crippen molar-refractivity contribution in [2.45, 2.75) is 32.4 Å². The summed E-state index contributed by atoms with van der Waals surface area (Å²) in [5, 5.41) is 6.22. The number of hydrogen-bond donors (Lipinski definition) is 2. The van der Waals surface area contributed by atoms with E-state index in [-0.39, 0.29) is 24.2 Å². The number of nitrogens with one attached hydrogen (secondary N) is 2. The van der Waals surface area contributed by atoms with Gasteiger partial charge in [-0.05, 0) is 32.9 Å². The van der Waals surface area contributed by atoms with Crippen LogP contribution in [-0.2, 0) is 9.59 Å². The van der Waals surface area contributed by atoms with Gasteiger partial charge in [0.1, 0.15) is 5.54 Å². The fraction of sp³-hybridized carbons (Fsp3) is 0.529. The number of halogens is 1. The van der Waals surface area contributed by atoms with E-state index in [9.17, 15) is 9.59 Å². The summed E-state index contributed by atoms with van der Waals surface area (Å²) < 4.78 is 0. The van der Waals surface area contributed by atoms with Gasteiger partial charge < -0.3 is 10.6 Å². The standard InChI is InChI=1S/C17H24N4O2.ClH/c1-12-10-18-8-9-20(12)11-15(22)21-14-7-5-4-6-13(14)19-16(23)17(21,2)3;/h4-7,12,18H,8-11H2,1-3H3,(H,19,23);1H/t12-;/m0./s1. The van der Waals surface area contributed by atoms with E-state index in [4.69, 9.17) is 0 Å². The summed E-state index contributed by atoms with van der Waals surface area (Å²) in [6, 6.07) is 7.77. The number of hydrogen-bond acceptors (Lipinski definition) is 4. The number of piperazine rings is 1. The summed E-state index contributed by atoms with van der Waals surface area (Å²) in [6.07, 6.45) is 0. The predicted molar refractivity (Wildman–Crippen MR) is 97.8 cm³/mol. The van der Waals surface area contributed by atoms with Gasteiger partial charge in [0, 0.05) is 25.7 Å². The van der Waals surface area contributed by atoms with Gasteiger partial charge in [0.2, 0.25) is 11.8 Å². The summed E-state index contributed by atoms with van der Waals surface area (Å²) in [5.41, 5.74) is 0.561. The van der Waals surface area contributed by atoms with Crippen molar-refractivity contribution in [1.82, 2.24) is 10.2 Å². The molecular formula is C17H25ClN4O2. The van der Waals surface area contributed by atoms with Crippen LogP contribution >= 0.6 is 12.4 Å². The summed E-state index contributed by atoms with van der Waals surface area (Å²) in [6.45, 7) is 8.63. The second kappa shape index (κ2) is 7.09. The lowest BCUT2D eigenvalue weighted by Gasteiger charge is -2.43. The lowest BCUT2D eigenvalue weighted by Crippen LogP contribution is -2.61. The van der Waals surface area contributed by atoms with Crippen molar-refractivity contribution in [3.63, 3.8) is 0 Å². The van der Waals surface area contributed by atoms with E-state index in [0.717, 1.165) is 25.3 Å². The topological polar surface area (TPSA) is 64.7 Å². The van der Waals surface area contributed by atoms with Crippen LogP contribution in [0.15, 0.2) is 24.3 Å². The number of carbonyl (C=O) groups excluding carboxylic acids is 2. The zero-order valence-corrected chi connectivity index (χ0v) is 15.2. The highest BCUT2D eigenvalue weighted by molar-refractivity contribution is 6.14. The van der Waals surface area contributed by atoms with E-state index in [0.29, 0.717) is 18.3 Å². The van der Waals surface area contributed by atoms with Gasteiger partial charge in [0.25, 0.3) is 0 Å². The SMILES string of the molecule is C[C@H]1CNCCN1CC(=O)N1c2ccccc2NC(=O)C1(C)C.Cl. The van der Waals surface area contributed by atoms with Crippen molar-refractivity contribution in [2.75, 3.05) is 36.4 Å². The second-order valence-electron chi connectivity index (χ2n) is 6.78. The maximum Gasteiger partial charge on any atom is 0.250 e. The molecule has 0 radical (unpaired) electrons. The number of amides is 2. The number of benzene rings is 1. The molecule has 0 spiro atoms. The van der Waals surface area contributed by atoms with E-state index in [2.05, 4.69) is 22.5 Å². The number of carbonyl (C=O) groups is 2. The first-order valence-corrected chi connectivity index (χ1v) is 8.09. The Morgan fingerprint density at radius 2 is 2.04 bits per heavy atom. The third-order valence-corrected chi connectivity index (χ3v) is 4.73. The molecule has 3 rings (SSSR count). The summed E-state index contributed by atoms with van der Waals surface area (Å²) in [5.74, 6) is -0.191. The molecule has 2 N–H and O–H groups in total. The Morgan fingerprint density at radius 3 is 2.75 bits per heavy atom. The highest BCUT2D eigenvalue weighted by Crippen LogP contribution is 2.36. The van der Waals surface area contributed by atoms with Crippen LogP contribution in [0, 0.1) is 0 Å². The van der Waals surface area contributed by atoms with E-state index in [1.54, 1.807) is 18.7 Å². The van der Waals surface area contributed by atoms with Crippen molar-refractivity contribution in [2.24, 2.45) is 0 Å². The largest absolute Gasteiger partial charge is 0.322 e. The fourth-order valence-electron chi connectivity index (χ4n) is 3.26. The minimum Gasteiger partial charge on any atom is -0.322 e. The zero-order valence-electron chi connectivity index (χ0n) is 14.3. The molecule has 1 fully saturated rings. The average molecular weight is 353 g/mol. The summed E-state index contributed by atoms with van der Waals surface area (Å²) in [7, 11) is 0. The minimum absolute atomic E-state index is 0. The molecule has 2 heterocycles. The molecule has 0 saturated carbocycles. The molecule has 2 amide bonds. The molecule has 0 bridgehead atoms. The number of fused-ring (bicyclic) bond motifs is 1. The molecule has 24 heavy (non-hydrogen) atoms. The highest BCUT2D eigenvalue weighted by atomic mass is 35.5. The highest BCUT2D eigenvalue weighted by Gasteiger charge is 2.43. The average Bonchev–Trinajstić information content (AvgIpc) is 2.50. The Bertz CT molecular complexity index is 635. The number of para-hydroxylation sites is 2. The van der Waals surface area contributed by atoms with E-state index >= 15 is 0 Å². The van der Waals surface area contributed by atoms with Crippen molar-refractivity contribution in [3.05, 3.63) is 24.3 Å². The lowest BCUT2D eigenvalue weighted by atomic mass is 9.96. The first-order chi connectivity index (χ1) is 10.9. The molecule has 132 valence electrons. The molecule has 1 aromatic carbocycles. The third kappa shape index (κ3) is 3.27. The first-order valence-electron chi connectivity index (χ1n) is 8.09. The lowest BCUT2D eigenvalue weighted by molar-refractivity contribution is -0.127. The third-order valence-electron chi connectivity index (χ3n) is 4.73. The Balaban J connectivity index is 0.00000208. The van der Waals surface area contributed by atoms with Crippen LogP contribution in [0.3, 0.4) is 0 Å². The van der Waals surface area contributed by atoms with Gasteiger partial charge in [-0.3, -0.25) is 19.4 Å².